The molecule has 0 radical (unpaired) electrons. The van der Waals surface area contributed by atoms with E-state index in [0.29, 0.717) is 10.3 Å². The minimum atomic E-state index is -4.39. The predicted molar refractivity (Wildman–Crippen MR) is 126 cm³/mol. The maximum Gasteiger partial charge on any atom is 0.459 e. The second-order valence-electron chi connectivity index (χ2n) is 7.39. The molecular formula is C19H22BrClN3O10P. The van der Waals surface area contributed by atoms with Gasteiger partial charge in [0.2, 0.25) is 0 Å². The summed E-state index contributed by atoms with van der Waals surface area (Å²) in [7, 11) is -2.97. The molecule has 1 saturated heterocycles. The molecule has 4 N–H and O–H groups in total. The molecule has 1 aromatic heterocycles. The van der Waals surface area contributed by atoms with E-state index in [2.05, 4.69) is 26.0 Å². The first-order valence-electron chi connectivity index (χ1n) is 9.98. The quantitative estimate of drug-likeness (QED) is 0.229. The number of carboxylic acids is 1. The van der Waals surface area contributed by atoms with Gasteiger partial charge in [-0.2, -0.15) is 5.09 Å². The minimum absolute atomic E-state index is 0.0399. The maximum absolute atomic E-state index is 13.4. The monoisotopic (exact) mass is 597 g/mol. The summed E-state index contributed by atoms with van der Waals surface area (Å²) >= 11 is 9.45. The van der Waals surface area contributed by atoms with E-state index in [0.717, 1.165) is 12.3 Å². The van der Waals surface area contributed by atoms with E-state index in [4.69, 9.17) is 30.1 Å². The van der Waals surface area contributed by atoms with E-state index in [-0.39, 0.29) is 5.75 Å². The minimum Gasteiger partial charge on any atom is -0.497 e. The van der Waals surface area contributed by atoms with Gasteiger partial charge in [0, 0.05) is 18.3 Å². The number of aliphatic hydroxyl groups is 1. The van der Waals surface area contributed by atoms with Crippen LogP contribution in [0.5, 0.6) is 11.5 Å². The summed E-state index contributed by atoms with van der Waals surface area (Å²) in [6.45, 7) is 0.596. The van der Waals surface area contributed by atoms with Gasteiger partial charge in [0.05, 0.1) is 13.7 Å². The summed E-state index contributed by atoms with van der Waals surface area (Å²) in [5.41, 5.74) is -1.59. The molecule has 0 saturated carbocycles. The summed E-state index contributed by atoms with van der Waals surface area (Å²) in [6, 6.07) is 5.72. The first-order valence-corrected chi connectivity index (χ1v) is 12.7. The second-order valence-corrected chi connectivity index (χ2v) is 11.5. The lowest BCUT2D eigenvalue weighted by Gasteiger charge is -2.24. The van der Waals surface area contributed by atoms with Gasteiger partial charge < -0.3 is 29.2 Å². The average molecular weight is 599 g/mol. The number of aliphatic hydroxyl groups excluding tert-OH is 1. The van der Waals surface area contributed by atoms with Crippen LogP contribution in [-0.2, 0) is 18.6 Å². The normalized spacial score (nSPS) is 26.6. The van der Waals surface area contributed by atoms with Crippen LogP contribution >= 0.6 is 35.3 Å². The summed E-state index contributed by atoms with van der Waals surface area (Å²) < 4.78 is 33.8. The first-order chi connectivity index (χ1) is 16.4. The zero-order valence-electron chi connectivity index (χ0n) is 18.3. The fourth-order valence-corrected chi connectivity index (χ4v) is 5.49. The van der Waals surface area contributed by atoms with Crippen molar-refractivity contribution in [3.63, 3.8) is 0 Å². The number of methoxy groups -OCH3 is 1. The van der Waals surface area contributed by atoms with Crippen molar-refractivity contribution in [2.24, 2.45) is 0 Å². The summed E-state index contributed by atoms with van der Waals surface area (Å²) in [5, 5.41) is 22.2. The van der Waals surface area contributed by atoms with Crippen LogP contribution in [0.4, 0.5) is 0 Å². The lowest BCUT2D eigenvalue weighted by molar-refractivity contribution is -0.138. The number of H-pyrrole nitrogens is 1. The van der Waals surface area contributed by atoms with Crippen LogP contribution in [0.2, 0.25) is 0 Å². The van der Waals surface area contributed by atoms with Crippen molar-refractivity contribution in [2.45, 2.75) is 35.2 Å². The SMILES string of the molecule is COc1cccc(O[P@](=O)(N[C@@H](C)C(=O)O)OC[C@H]2O[C@@H](n3c(=O)cc[nH]c3=O)[C@](Cl)(Br)[C@@H]2O)c1. The zero-order valence-corrected chi connectivity index (χ0v) is 21.5. The third-order valence-corrected chi connectivity index (χ3v) is 7.82. The molecule has 0 amide bonds. The molecule has 3 rings (SSSR count). The summed E-state index contributed by atoms with van der Waals surface area (Å²) in [5.74, 6) is -0.913. The number of rotatable bonds is 10. The van der Waals surface area contributed by atoms with Crippen molar-refractivity contribution < 1.29 is 38.1 Å². The number of aromatic amines is 1. The van der Waals surface area contributed by atoms with Crippen LogP contribution in [0.25, 0.3) is 0 Å². The first kappa shape index (κ1) is 27.4. The molecule has 6 atom stereocenters. The van der Waals surface area contributed by atoms with Gasteiger partial charge in [-0.15, -0.1) is 0 Å². The van der Waals surface area contributed by atoms with E-state index < -0.39 is 59.8 Å². The van der Waals surface area contributed by atoms with E-state index in [1.54, 1.807) is 12.1 Å². The molecule has 1 aliphatic heterocycles. The lowest BCUT2D eigenvalue weighted by Crippen LogP contribution is -2.44. The molecular weight excluding hydrogens is 577 g/mol. The zero-order chi connectivity index (χ0) is 26.0. The molecule has 2 aromatic rings. The fraction of sp³-hybridized carbons (Fsp3) is 0.421. The number of halogens is 2. The summed E-state index contributed by atoms with van der Waals surface area (Å²) in [4.78, 5) is 38.0. The number of carboxylic acid groups (broad SMARTS) is 1. The number of benzene rings is 1. The predicted octanol–water partition coefficient (Wildman–Crippen LogP) is 1.40. The van der Waals surface area contributed by atoms with Gasteiger partial charge in [-0.1, -0.05) is 33.6 Å². The van der Waals surface area contributed by atoms with Crippen LogP contribution in [0, 0.1) is 0 Å². The Morgan fingerprint density at radius 2 is 2.09 bits per heavy atom. The largest absolute Gasteiger partial charge is 0.497 e. The van der Waals surface area contributed by atoms with Gasteiger partial charge in [-0.25, -0.2) is 13.9 Å². The Kier molecular flexibility index (Phi) is 8.48. The number of aromatic nitrogens is 2. The number of carbonyl (C=O) groups is 1. The fourth-order valence-electron chi connectivity index (χ4n) is 3.09. The van der Waals surface area contributed by atoms with E-state index in [1.807, 2.05) is 0 Å². The molecule has 0 bridgehead atoms. The molecule has 1 fully saturated rings. The number of nitrogens with zero attached hydrogens (tertiary/aromatic N) is 1. The highest BCUT2D eigenvalue weighted by atomic mass is 79.9. The Bertz CT molecular complexity index is 1210. The maximum atomic E-state index is 13.4. The number of ether oxygens (including phenoxy) is 2. The molecule has 0 spiro atoms. The third kappa shape index (κ3) is 6.15. The van der Waals surface area contributed by atoms with Gasteiger partial charge in [0.15, 0.2) is 10.0 Å². The molecule has 2 heterocycles. The van der Waals surface area contributed by atoms with Crippen LogP contribution < -0.4 is 25.6 Å². The number of hydrogen-bond donors (Lipinski definition) is 4. The summed E-state index contributed by atoms with van der Waals surface area (Å²) in [6.07, 6.45) is -3.22. The van der Waals surface area contributed by atoms with Gasteiger partial charge in [0.1, 0.15) is 29.7 Å². The van der Waals surface area contributed by atoms with E-state index in [1.165, 1.54) is 26.2 Å². The standard InChI is InChI=1S/C19H22BrClN3O10P/c1-10(16(27)28)23-35(30,34-12-5-3-4-11(8-12)31-2)32-9-13-15(26)19(20,21)17(33-13)24-14(25)6-7-22-18(24)29/h3-8,10,13,15,17,26H,9H2,1-2H3,(H,22,29)(H,23,30)(H,27,28)/t10-,13+,15+,17+,19-,35-/m0/s1. The Hall–Kier alpha value is -2.19. The van der Waals surface area contributed by atoms with Crippen molar-refractivity contribution in [3.05, 3.63) is 57.4 Å². The second kappa shape index (κ2) is 10.8. The molecule has 0 aliphatic carbocycles. The van der Waals surface area contributed by atoms with E-state index >= 15 is 0 Å². The Balaban J connectivity index is 1.84. The molecule has 13 nitrogen and oxygen atoms in total. The van der Waals surface area contributed by atoms with Gasteiger partial charge in [-0.3, -0.25) is 14.1 Å². The van der Waals surface area contributed by atoms with E-state index in [9.17, 15) is 29.2 Å². The van der Waals surface area contributed by atoms with Crippen LogP contribution in [-0.4, -0.2) is 61.5 Å². The number of aliphatic carboxylic acids is 1. The van der Waals surface area contributed by atoms with Gasteiger partial charge in [-0.05, 0) is 19.1 Å². The highest BCUT2D eigenvalue weighted by molar-refractivity contribution is 9.10. The van der Waals surface area contributed by atoms with Gasteiger partial charge in [0.25, 0.3) is 5.56 Å². The van der Waals surface area contributed by atoms with Crippen molar-refractivity contribution in [2.75, 3.05) is 13.7 Å². The Morgan fingerprint density at radius 3 is 2.71 bits per heavy atom. The highest BCUT2D eigenvalue weighted by Gasteiger charge is 2.56. The highest BCUT2D eigenvalue weighted by Crippen LogP contribution is 2.50. The molecule has 0 unspecified atom stereocenters. The van der Waals surface area contributed by atoms with Crippen molar-refractivity contribution in [1.29, 1.82) is 0 Å². The van der Waals surface area contributed by atoms with Crippen LogP contribution in [0.3, 0.4) is 0 Å². The molecule has 192 valence electrons. The van der Waals surface area contributed by atoms with Crippen LogP contribution in [0.15, 0.2) is 46.1 Å². The van der Waals surface area contributed by atoms with Crippen molar-refractivity contribution >= 4 is 41.2 Å². The molecule has 1 aliphatic rings. The van der Waals surface area contributed by atoms with Crippen molar-refractivity contribution in [3.8, 4) is 11.5 Å². The molecule has 1 aromatic carbocycles. The average Bonchev–Trinajstić information content (AvgIpc) is 3.01. The molecule has 16 heteroatoms. The Labute approximate surface area is 211 Å². The Morgan fingerprint density at radius 1 is 1.40 bits per heavy atom. The number of nitrogens with one attached hydrogen (secondary N) is 2. The molecule has 35 heavy (non-hydrogen) atoms. The van der Waals surface area contributed by atoms with Crippen molar-refractivity contribution in [1.82, 2.24) is 14.6 Å². The van der Waals surface area contributed by atoms with Crippen LogP contribution in [0.1, 0.15) is 13.2 Å². The number of alkyl halides is 2. The smallest absolute Gasteiger partial charge is 0.459 e. The van der Waals surface area contributed by atoms with Gasteiger partial charge >= 0.3 is 19.4 Å². The lowest BCUT2D eigenvalue weighted by atomic mass is 10.2. The topological polar surface area (TPSA) is 178 Å². The third-order valence-electron chi connectivity index (χ3n) is 4.90. The number of hydrogen-bond acceptors (Lipinski definition) is 9.